The predicted octanol–water partition coefficient (Wildman–Crippen LogP) is 0.302. The summed E-state index contributed by atoms with van der Waals surface area (Å²) in [6.07, 6.45) is 2.03. The number of nitrogens with zero attached hydrogens (tertiary/aromatic N) is 2. The van der Waals surface area contributed by atoms with Gasteiger partial charge in [0.25, 0.3) is 20.2 Å². The first-order valence-corrected chi connectivity index (χ1v) is 13.5. The molecule has 0 unspecified atom stereocenters. The van der Waals surface area contributed by atoms with Crippen molar-refractivity contribution in [3.8, 4) is 0 Å². The van der Waals surface area contributed by atoms with Gasteiger partial charge in [-0.3, -0.25) is 28.3 Å². The number of aliphatic carboxylic acids is 4. The Kier molecular flexibility index (Phi) is 9.95. The topological polar surface area (TPSA) is 264 Å². The van der Waals surface area contributed by atoms with Gasteiger partial charge in [0.15, 0.2) is 0 Å². The number of anilines is 2. The monoisotopic (exact) mass is 602 g/mol. The van der Waals surface area contributed by atoms with Crippen molar-refractivity contribution in [1.29, 1.82) is 0 Å². The van der Waals surface area contributed by atoms with Crippen molar-refractivity contribution in [3.05, 3.63) is 47.5 Å². The zero-order valence-corrected chi connectivity index (χ0v) is 21.7. The van der Waals surface area contributed by atoms with Crippen LogP contribution in [0.5, 0.6) is 0 Å². The highest BCUT2D eigenvalue weighted by molar-refractivity contribution is 7.86. The van der Waals surface area contributed by atoms with Crippen molar-refractivity contribution >= 4 is 67.6 Å². The molecule has 0 saturated heterocycles. The minimum absolute atomic E-state index is 0.186. The lowest BCUT2D eigenvalue weighted by atomic mass is 10.1. The number of rotatable bonds is 14. The van der Waals surface area contributed by atoms with E-state index in [2.05, 4.69) is 0 Å². The fraction of sp³-hybridized carbons (Fsp3) is 0.182. The quantitative estimate of drug-likeness (QED) is 0.125. The Morgan fingerprint density at radius 2 is 0.850 bits per heavy atom. The maximum atomic E-state index is 12.0. The summed E-state index contributed by atoms with van der Waals surface area (Å²) >= 11 is 0. The largest absolute Gasteiger partial charge is 0.480 e. The number of benzene rings is 2. The second kappa shape index (κ2) is 12.6. The SMILES string of the molecule is O=C(O)CN(CC(=O)O)c1ccc(/C=C/c2ccc(N(CC(=O)O)CC(=O)O)cc2S(=O)(=O)O)c(S(=O)(=O)O)c1. The molecule has 40 heavy (non-hydrogen) atoms. The summed E-state index contributed by atoms with van der Waals surface area (Å²) in [5.41, 5.74) is -0.870. The maximum Gasteiger partial charge on any atom is 0.323 e. The third-order valence-corrected chi connectivity index (χ3v) is 6.85. The van der Waals surface area contributed by atoms with Crippen molar-refractivity contribution in [2.75, 3.05) is 36.0 Å². The first-order valence-electron chi connectivity index (χ1n) is 10.7. The van der Waals surface area contributed by atoms with Gasteiger partial charge in [-0.2, -0.15) is 16.8 Å². The van der Waals surface area contributed by atoms with E-state index in [4.69, 9.17) is 20.4 Å². The standard InChI is InChI=1S/C22H22N2O14S2/c25-19(26)9-23(10-20(27)28)15-5-3-13(17(7-15)39(33,34)35)1-2-14-4-6-16(8-18(14)40(36,37)38)24(11-21(29)30)12-22(31)32/h1-8H,9-12H2,(H,25,26)(H,27,28)(H,29,30)(H,31,32)(H,33,34,35)(H,36,37,38)/b2-1+. The summed E-state index contributed by atoms with van der Waals surface area (Å²) in [6, 6.07) is 6.08. The van der Waals surface area contributed by atoms with Crippen LogP contribution in [0.25, 0.3) is 12.2 Å². The van der Waals surface area contributed by atoms with Gasteiger partial charge < -0.3 is 30.2 Å². The van der Waals surface area contributed by atoms with Crippen LogP contribution in [0.1, 0.15) is 11.1 Å². The molecule has 0 fully saturated rings. The molecule has 0 saturated carbocycles. The lowest BCUT2D eigenvalue weighted by Crippen LogP contribution is -2.34. The van der Waals surface area contributed by atoms with Gasteiger partial charge in [-0.1, -0.05) is 24.3 Å². The van der Waals surface area contributed by atoms with E-state index in [1.54, 1.807) is 0 Å². The number of hydrogen-bond donors (Lipinski definition) is 6. The first-order chi connectivity index (χ1) is 18.4. The molecule has 18 heteroatoms. The lowest BCUT2D eigenvalue weighted by molar-refractivity contribution is -0.138. The molecule has 0 aliphatic heterocycles. The van der Waals surface area contributed by atoms with Crippen LogP contribution < -0.4 is 9.80 Å². The predicted molar refractivity (Wildman–Crippen MR) is 136 cm³/mol. The van der Waals surface area contributed by atoms with Crippen molar-refractivity contribution in [2.45, 2.75) is 9.79 Å². The van der Waals surface area contributed by atoms with Gasteiger partial charge in [-0.25, -0.2) is 0 Å². The molecule has 6 N–H and O–H groups in total. The van der Waals surface area contributed by atoms with E-state index in [9.17, 15) is 45.1 Å². The summed E-state index contributed by atoms with van der Waals surface area (Å²) in [5.74, 6) is -5.70. The molecule has 216 valence electrons. The molecular formula is C22H22N2O14S2. The Hall–Kier alpha value is -4.52. The molecule has 0 amide bonds. The van der Waals surface area contributed by atoms with Crippen LogP contribution in [0.15, 0.2) is 46.2 Å². The summed E-state index contributed by atoms with van der Waals surface area (Å²) in [7, 11) is -9.98. The van der Waals surface area contributed by atoms with Crippen molar-refractivity contribution < 1.29 is 65.5 Å². The minimum atomic E-state index is -4.99. The fourth-order valence-electron chi connectivity index (χ4n) is 3.47. The Morgan fingerprint density at radius 3 is 1.07 bits per heavy atom. The number of hydrogen-bond acceptors (Lipinski definition) is 10. The third-order valence-electron chi connectivity index (χ3n) is 5.03. The highest BCUT2D eigenvalue weighted by Crippen LogP contribution is 2.28. The zero-order valence-electron chi connectivity index (χ0n) is 20.1. The molecule has 0 aliphatic rings. The summed E-state index contributed by atoms with van der Waals surface area (Å²) < 4.78 is 67.6. The van der Waals surface area contributed by atoms with E-state index < -0.39 is 80.1 Å². The molecule has 0 radical (unpaired) electrons. The smallest absolute Gasteiger partial charge is 0.323 e. The van der Waals surface area contributed by atoms with Crippen LogP contribution in [0.3, 0.4) is 0 Å². The molecule has 2 rings (SSSR count). The van der Waals surface area contributed by atoms with Gasteiger partial charge >= 0.3 is 23.9 Å². The Morgan fingerprint density at radius 1 is 0.575 bits per heavy atom. The van der Waals surface area contributed by atoms with Gasteiger partial charge in [0.1, 0.15) is 36.0 Å². The van der Waals surface area contributed by atoms with Gasteiger partial charge in [0.05, 0.1) is 0 Å². The number of carboxylic acid groups (broad SMARTS) is 4. The Labute approximate surface area is 226 Å². The van der Waals surface area contributed by atoms with Crippen molar-refractivity contribution in [2.24, 2.45) is 0 Å². The van der Waals surface area contributed by atoms with Crippen LogP contribution >= 0.6 is 0 Å². The second-order valence-electron chi connectivity index (χ2n) is 8.01. The Bertz CT molecular complexity index is 1430. The summed E-state index contributed by atoms with van der Waals surface area (Å²) in [5, 5.41) is 36.2. The maximum absolute atomic E-state index is 12.0. The molecule has 0 aromatic heterocycles. The van der Waals surface area contributed by atoms with E-state index in [0.29, 0.717) is 0 Å². The van der Waals surface area contributed by atoms with Gasteiger partial charge in [-0.05, 0) is 35.4 Å². The zero-order chi connectivity index (χ0) is 30.4. The molecule has 0 aliphatic carbocycles. The fourth-order valence-corrected chi connectivity index (χ4v) is 4.88. The molecule has 16 nitrogen and oxygen atoms in total. The van der Waals surface area contributed by atoms with Gasteiger partial charge in [0.2, 0.25) is 0 Å². The van der Waals surface area contributed by atoms with Crippen LogP contribution in [0.4, 0.5) is 11.4 Å². The molecular weight excluding hydrogens is 580 g/mol. The molecule has 0 heterocycles. The van der Waals surface area contributed by atoms with Crippen molar-refractivity contribution in [1.82, 2.24) is 0 Å². The average molecular weight is 603 g/mol. The summed E-state index contributed by atoms with van der Waals surface area (Å²) in [6.45, 7) is -3.29. The molecule has 0 bridgehead atoms. The van der Waals surface area contributed by atoms with E-state index >= 15 is 0 Å². The van der Waals surface area contributed by atoms with Crippen LogP contribution in [-0.2, 0) is 39.4 Å². The molecule has 0 atom stereocenters. The summed E-state index contributed by atoms with van der Waals surface area (Å²) in [4.78, 5) is 44.5. The highest BCUT2D eigenvalue weighted by atomic mass is 32.2. The average Bonchev–Trinajstić information content (AvgIpc) is 2.79. The number of carbonyl (C=O) groups is 4. The molecule has 2 aromatic carbocycles. The molecule has 0 spiro atoms. The van der Waals surface area contributed by atoms with Gasteiger partial charge in [-0.15, -0.1) is 0 Å². The third kappa shape index (κ3) is 9.05. The van der Waals surface area contributed by atoms with E-state index in [-0.39, 0.29) is 22.5 Å². The minimum Gasteiger partial charge on any atom is -0.480 e. The van der Waals surface area contributed by atoms with E-state index in [0.717, 1.165) is 58.4 Å². The second-order valence-corrected chi connectivity index (χ2v) is 10.8. The van der Waals surface area contributed by atoms with E-state index in [1.165, 1.54) is 0 Å². The van der Waals surface area contributed by atoms with Gasteiger partial charge in [0, 0.05) is 11.4 Å². The van der Waals surface area contributed by atoms with Crippen LogP contribution in [0.2, 0.25) is 0 Å². The van der Waals surface area contributed by atoms with Crippen LogP contribution in [-0.4, -0.2) is 96.4 Å². The van der Waals surface area contributed by atoms with Crippen LogP contribution in [0, 0.1) is 0 Å². The first kappa shape index (κ1) is 31.7. The normalized spacial score (nSPS) is 11.8. The lowest BCUT2D eigenvalue weighted by Gasteiger charge is -2.22. The number of carboxylic acids is 4. The molecule has 2 aromatic rings. The van der Waals surface area contributed by atoms with Crippen molar-refractivity contribution in [3.63, 3.8) is 0 Å². The Balaban J connectivity index is 2.63. The highest BCUT2D eigenvalue weighted by Gasteiger charge is 2.22. The van der Waals surface area contributed by atoms with E-state index in [1.807, 2.05) is 0 Å².